The number of amides is 2. The molecule has 0 N–H and O–H groups in total. The van der Waals surface area contributed by atoms with Gasteiger partial charge in [0.2, 0.25) is 0 Å². The predicted octanol–water partition coefficient (Wildman–Crippen LogP) is 5.34. The lowest BCUT2D eigenvalue weighted by molar-refractivity contribution is 0.000551. The van der Waals surface area contributed by atoms with Gasteiger partial charge in [0.05, 0.1) is 22.9 Å². The van der Waals surface area contributed by atoms with Crippen molar-refractivity contribution in [2.45, 2.75) is 45.9 Å². The first-order valence-corrected chi connectivity index (χ1v) is 13.1. The summed E-state index contributed by atoms with van der Waals surface area (Å²) >= 11 is 0. The van der Waals surface area contributed by atoms with Crippen molar-refractivity contribution in [2.24, 2.45) is 0 Å². The van der Waals surface area contributed by atoms with Crippen molar-refractivity contribution in [3.05, 3.63) is 83.6 Å². The van der Waals surface area contributed by atoms with Crippen molar-refractivity contribution in [3.8, 4) is 17.3 Å². The van der Waals surface area contributed by atoms with Crippen LogP contribution in [0.15, 0.2) is 66.9 Å². The normalized spacial score (nSPS) is 15.9. The highest BCUT2D eigenvalue weighted by molar-refractivity contribution is 6.05. The van der Waals surface area contributed by atoms with E-state index in [0.717, 1.165) is 36.4 Å². The van der Waals surface area contributed by atoms with E-state index in [1.807, 2.05) is 70.2 Å². The van der Waals surface area contributed by atoms with Gasteiger partial charge < -0.3 is 14.5 Å². The van der Waals surface area contributed by atoms with Gasteiger partial charge in [0.15, 0.2) is 0 Å². The molecule has 8 heteroatoms. The van der Waals surface area contributed by atoms with E-state index in [4.69, 9.17) is 4.74 Å². The van der Waals surface area contributed by atoms with Gasteiger partial charge in [-0.25, -0.2) is 4.79 Å². The molecule has 3 aromatic rings. The molecule has 0 aliphatic carbocycles. The summed E-state index contributed by atoms with van der Waals surface area (Å²) in [5, 5.41) is 9.35. The Bertz CT molecular complexity index is 1360. The Morgan fingerprint density at radius 1 is 1.08 bits per heavy atom. The van der Waals surface area contributed by atoms with Crippen molar-refractivity contribution in [2.75, 3.05) is 31.6 Å². The Morgan fingerprint density at radius 2 is 1.79 bits per heavy atom. The van der Waals surface area contributed by atoms with Crippen molar-refractivity contribution >= 4 is 17.7 Å². The molecule has 1 atom stereocenters. The van der Waals surface area contributed by atoms with E-state index in [1.54, 1.807) is 41.2 Å². The van der Waals surface area contributed by atoms with Gasteiger partial charge in [-0.15, -0.1) is 0 Å². The number of pyridine rings is 1. The number of benzene rings is 2. The van der Waals surface area contributed by atoms with Crippen LogP contribution in [0.2, 0.25) is 0 Å². The molecule has 1 aliphatic rings. The second-order valence-electron chi connectivity index (χ2n) is 10.9. The summed E-state index contributed by atoms with van der Waals surface area (Å²) in [6.45, 7) is 10.6. The van der Waals surface area contributed by atoms with E-state index in [-0.39, 0.29) is 18.0 Å². The molecule has 39 heavy (non-hydrogen) atoms. The highest BCUT2D eigenvalue weighted by atomic mass is 16.6. The SMILES string of the molecule is C[C@H]1CN(Cc2ccc(N(C)C(=O)c3ccc(-c4ccccc4C#N)nc3)cc2)CCN1C(=O)OC(C)(C)C. The lowest BCUT2D eigenvalue weighted by Crippen LogP contribution is -2.54. The first kappa shape index (κ1) is 27.8. The number of piperazine rings is 1. The molecule has 0 spiro atoms. The minimum atomic E-state index is -0.506. The van der Waals surface area contributed by atoms with Crippen LogP contribution in [0.3, 0.4) is 0 Å². The molecular formula is C31H35N5O3. The fourth-order valence-corrected chi connectivity index (χ4v) is 4.65. The number of carbonyl (C=O) groups is 2. The number of carbonyl (C=O) groups excluding carboxylic acids is 2. The molecule has 1 aromatic heterocycles. The highest BCUT2D eigenvalue weighted by Crippen LogP contribution is 2.23. The molecule has 0 saturated carbocycles. The Hall–Kier alpha value is -4.22. The third kappa shape index (κ3) is 6.81. The number of nitrogens with zero attached hydrogens (tertiary/aromatic N) is 5. The molecule has 0 unspecified atom stereocenters. The predicted molar refractivity (Wildman–Crippen MR) is 151 cm³/mol. The van der Waals surface area contributed by atoms with Crippen LogP contribution in [-0.4, -0.2) is 65.1 Å². The summed E-state index contributed by atoms with van der Waals surface area (Å²) in [6.07, 6.45) is 1.29. The number of hydrogen-bond donors (Lipinski definition) is 0. The van der Waals surface area contributed by atoms with Gasteiger partial charge in [0.25, 0.3) is 5.91 Å². The van der Waals surface area contributed by atoms with E-state index in [9.17, 15) is 14.9 Å². The second kappa shape index (κ2) is 11.7. The standard InChI is InChI=1S/C31H35N5O3/c1-22-20-35(16-17-36(22)30(38)39-31(2,3)4)21-23-10-13-26(14-11-23)34(5)29(37)25-12-15-28(33-19-25)27-9-7-6-8-24(27)18-32/h6-15,19,22H,16-17,20-21H2,1-5H3/t22-/m0/s1. The number of anilines is 1. The maximum Gasteiger partial charge on any atom is 0.410 e. The molecule has 2 amide bonds. The van der Waals surface area contributed by atoms with Crippen molar-refractivity contribution < 1.29 is 14.3 Å². The molecule has 1 saturated heterocycles. The van der Waals surface area contributed by atoms with E-state index in [0.29, 0.717) is 23.4 Å². The summed E-state index contributed by atoms with van der Waals surface area (Å²) in [4.78, 5) is 35.8. The van der Waals surface area contributed by atoms with Crippen LogP contribution < -0.4 is 4.90 Å². The summed E-state index contributed by atoms with van der Waals surface area (Å²) in [5.74, 6) is -0.164. The average molecular weight is 526 g/mol. The van der Waals surface area contributed by atoms with E-state index in [1.165, 1.54) is 0 Å². The van der Waals surface area contributed by atoms with E-state index >= 15 is 0 Å². The Labute approximate surface area is 230 Å². The van der Waals surface area contributed by atoms with Crippen molar-refractivity contribution in [1.29, 1.82) is 5.26 Å². The highest BCUT2D eigenvalue weighted by Gasteiger charge is 2.30. The van der Waals surface area contributed by atoms with Crippen LogP contribution >= 0.6 is 0 Å². The van der Waals surface area contributed by atoms with Gasteiger partial charge in [-0.1, -0.05) is 30.3 Å². The third-order valence-electron chi connectivity index (χ3n) is 6.71. The second-order valence-corrected chi connectivity index (χ2v) is 10.9. The number of nitriles is 1. The number of ether oxygens (including phenoxy) is 1. The third-order valence-corrected chi connectivity index (χ3v) is 6.71. The van der Waals surface area contributed by atoms with Crippen LogP contribution in [0.4, 0.5) is 10.5 Å². The zero-order chi connectivity index (χ0) is 28.2. The molecule has 2 aromatic carbocycles. The van der Waals surface area contributed by atoms with Crippen LogP contribution in [-0.2, 0) is 11.3 Å². The Kier molecular flexibility index (Phi) is 8.32. The zero-order valence-corrected chi connectivity index (χ0v) is 23.2. The summed E-state index contributed by atoms with van der Waals surface area (Å²) in [6, 6.07) is 21.0. The van der Waals surface area contributed by atoms with Crippen LogP contribution in [0.1, 0.15) is 49.2 Å². The van der Waals surface area contributed by atoms with Gasteiger partial charge in [-0.3, -0.25) is 14.7 Å². The smallest absolute Gasteiger partial charge is 0.410 e. The fourth-order valence-electron chi connectivity index (χ4n) is 4.65. The molecule has 0 radical (unpaired) electrons. The number of hydrogen-bond acceptors (Lipinski definition) is 6. The molecular weight excluding hydrogens is 490 g/mol. The van der Waals surface area contributed by atoms with Crippen LogP contribution in [0.25, 0.3) is 11.3 Å². The minimum absolute atomic E-state index is 0.0602. The number of rotatable bonds is 5. The van der Waals surface area contributed by atoms with Gasteiger partial charge in [-0.05, 0) is 63.6 Å². The van der Waals surface area contributed by atoms with Gasteiger partial charge in [0, 0.05) is 56.7 Å². The summed E-state index contributed by atoms with van der Waals surface area (Å²) in [7, 11) is 1.74. The fraction of sp³-hybridized carbons (Fsp3) is 0.355. The summed E-state index contributed by atoms with van der Waals surface area (Å²) in [5.41, 5.74) is 3.82. The van der Waals surface area contributed by atoms with E-state index < -0.39 is 5.60 Å². The van der Waals surface area contributed by atoms with Crippen LogP contribution in [0.5, 0.6) is 0 Å². The maximum absolute atomic E-state index is 13.1. The molecule has 0 bridgehead atoms. The molecule has 2 heterocycles. The van der Waals surface area contributed by atoms with Gasteiger partial charge in [0.1, 0.15) is 5.60 Å². The quantitative estimate of drug-likeness (QED) is 0.447. The zero-order valence-electron chi connectivity index (χ0n) is 23.2. The molecule has 1 fully saturated rings. The molecule has 8 nitrogen and oxygen atoms in total. The number of aromatic nitrogens is 1. The first-order chi connectivity index (χ1) is 18.6. The van der Waals surface area contributed by atoms with Crippen molar-refractivity contribution in [3.63, 3.8) is 0 Å². The van der Waals surface area contributed by atoms with Gasteiger partial charge >= 0.3 is 6.09 Å². The first-order valence-electron chi connectivity index (χ1n) is 13.1. The summed E-state index contributed by atoms with van der Waals surface area (Å²) < 4.78 is 5.54. The van der Waals surface area contributed by atoms with Gasteiger partial charge in [-0.2, -0.15) is 5.26 Å². The molecule has 4 rings (SSSR count). The molecule has 202 valence electrons. The lowest BCUT2D eigenvalue weighted by atomic mass is 10.0. The minimum Gasteiger partial charge on any atom is -0.444 e. The topological polar surface area (TPSA) is 89.8 Å². The van der Waals surface area contributed by atoms with Crippen molar-refractivity contribution in [1.82, 2.24) is 14.8 Å². The lowest BCUT2D eigenvalue weighted by Gasteiger charge is -2.40. The average Bonchev–Trinajstić information content (AvgIpc) is 2.92. The Balaban J connectivity index is 1.35. The Morgan fingerprint density at radius 3 is 2.41 bits per heavy atom. The van der Waals surface area contributed by atoms with E-state index in [2.05, 4.69) is 16.0 Å². The van der Waals surface area contributed by atoms with Crippen LogP contribution in [0, 0.1) is 11.3 Å². The maximum atomic E-state index is 13.1. The molecule has 1 aliphatic heterocycles. The largest absolute Gasteiger partial charge is 0.444 e. The monoisotopic (exact) mass is 525 g/mol.